The maximum Gasteiger partial charge on any atom is 0.224 e. The molecule has 0 aromatic heterocycles. The van der Waals surface area contributed by atoms with E-state index >= 15 is 0 Å². The Bertz CT molecular complexity index is 608. The monoisotopic (exact) mass is 297 g/mol. The van der Waals surface area contributed by atoms with Crippen molar-refractivity contribution in [1.29, 1.82) is 0 Å². The predicted molar refractivity (Wildman–Crippen MR) is 88.7 cm³/mol. The van der Waals surface area contributed by atoms with Crippen molar-refractivity contribution in [2.45, 2.75) is 26.9 Å². The van der Waals surface area contributed by atoms with Gasteiger partial charge in [-0.2, -0.15) is 0 Å². The van der Waals surface area contributed by atoms with Gasteiger partial charge in [-0.15, -0.1) is 0 Å². The van der Waals surface area contributed by atoms with Crippen molar-refractivity contribution in [3.63, 3.8) is 0 Å². The second-order valence-electron chi connectivity index (χ2n) is 5.49. The lowest BCUT2D eigenvalue weighted by Gasteiger charge is -2.09. The average Bonchev–Trinajstić information content (AvgIpc) is 2.51. The molecule has 0 fully saturated rings. The number of carbonyl (C=O) groups is 1. The van der Waals surface area contributed by atoms with Crippen LogP contribution in [0.2, 0.25) is 0 Å². The second-order valence-corrected chi connectivity index (χ2v) is 5.49. The fourth-order valence-electron chi connectivity index (χ4n) is 2.31. The molecule has 0 atom stereocenters. The molecule has 0 aliphatic heterocycles. The summed E-state index contributed by atoms with van der Waals surface area (Å²) in [6, 6.07) is 16.2. The van der Waals surface area contributed by atoms with E-state index in [1.54, 1.807) is 0 Å². The van der Waals surface area contributed by atoms with Gasteiger partial charge >= 0.3 is 0 Å². The molecule has 116 valence electrons. The van der Waals surface area contributed by atoms with Crippen LogP contribution in [0.15, 0.2) is 48.5 Å². The van der Waals surface area contributed by atoms with Crippen LogP contribution >= 0.6 is 0 Å². The number of benzene rings is 2. The molecule has 3 heteroatoms. The van der Waals surface area contributed by atoms with Gasteiger partial charge in [0, 0.05) is 6.54 Å². The zero-order valence-corrected chi connectivity index (χ0v) is 13.3. The van der Waals surface area contributed by atoms with E-state index in [1.807, 2.05) is 49.4 Å². The molecule has 0 saturated heterocycles. The first kappa shape index (κ1) is 16.2. The Morgan fingerprint density at radius 1 is 1.09 bits per heavy atom. The largest absolute Gasteiger partial charge is 0.375 e. The minimum atomic E-state index is 0.0373. The lowest BCUT2D eigenvalue weighted by Crippen LogP contribution is -2.28. The Balaban J connectivity index is 1.65. The molecule has 3 nitrogen and oxygen atoms in total. The summed E-state index contributed by atoms with van der Waals surface area (Å²) in [6.45, 7) is 5.73. The van der Waals surface area contributed by atoms with Crippen LogP contribution in [-0.4, -0.2) is 19.1 Å². The fourth-order valence-corrected chi connectivity index (χ4v) is 2.31. The van der Waals surface area contributed by atoms with E-state index in [-0.39, 0.29) is 5.91 Å². The molecular weight excluding hydrogens is 274 g/mol. The third-order valence-electron chi connectivity index (χ3n) is 3.53. The summed E-state index contributed by atoms with van der Waals surface area (Å²) in [6.07, 6.45) is 0.421. The van der Waals surface area contributed by atoms with Crippen LogP contribution in [0.3, 0.4) is 0 Å². The third kappa shape index (κ3) is 5.34. The van der Waals surface area contributed by atoms with Crippen molar-refractivity contribution >= 4 is 5.91 Å². The molecule has 2 rings (SSSR count). The summed E-state index contributed by atoms with van der Waals surface area (Å²) in [5.74, 6) is 0.0373. The zero-order valence-electron chi connectivity index (χ0n) is 13.3. The highest BCUT2D eigenvalue weighted by Crippen LogP contribution is 2.11. The van der Waals surface area contributed by atoms with Gasteiger partial charge in [0.25, 0.3) is 0 Å². The maximum absolute atomic E-state index is 11.9. The highest BCUT2D eigenvalue weighted by atomic mass is 16.5. The first-order chi connectivity index (χ1) is 10.6. The minimum Gasteiger partial charge on any atom is -0.375 e. The van der Waals surface area contributed by atoms with Crippen LogP contribution in [-0.2, 0) is 22.6 Å². The van der Waals surface area contributed by atoms with Crippen LogP contribution in [0.5, 0.6) is 0 Å². The fraction of sp³-hybridized carbons (Fsp3) is 0.316. The Labute approximate surface area is 132 Å². The number of amides is 1. The van der Waals surface area contributed by atoms with E-state index < -0.39 is 0 Å². The molecular formula is C19H23NO2. The Kier molecular flexibility index (Phi) is 6.16. The molecule has 0 heterocycles. The standard InChI is InChI=1S/C19H23NO2/c1-15-8-9-18(16(2)12-15)13-19(21)20-10-11-22-14-17-6-4-3-5-7-17/h3-9,12H,10-11,13-14H2,1-2H3,(H,20,21). The Hall–Kier alpha value is -2.13. The average molecular weight is 297 g/mol. The number of nitrogens with one attached hydrogen (secondary N) is 1. The predicted octanol–water partition coefficient (Wildman–Crippen LogP) is 3.18. The minimum absolute atomic E-state index is 0.0373. The van der Waals surface area contributed by atoms with Crippen LogP contribution < -0.4 is 5.32 Å². The van der Waals surface area contributed by atoms with E-state index in [1.165, 1.54) is 5.56 Å². The molecule has 1 N–H and O–H groups in total. The van der Waals surface area contributed by atoms with Crippen LogP contribution in [0.4, 0.5) is 0 Å². The molecule has 22 heavy (non-hydrogen) atoms. The van der Waals surface area contributed by atoms with Crippen molar-refractivity contribution < 1.29 is 9.53 Å². The van der Waals surface area contributed by atoms with E-state index in [2.05, 4.69) is 18.3 Å². The van der Waals surface area contributed by atoms with Gasteiger partial charge in [0.05, 0.1) is 19.6 Å². The van der Waals surface area contributed by atoms with E-state index in [0.29, 0.717) is 26.2 Å². The molecule has 0 bridgehead atoms. The normalized spacial score (nSPS) is 10.5. The van der Waals surface area contributed by atoms with E-state index in [9.17, 15) is 4.79 Å². The summed E-state index contributed by atoms with van der Waals surface area (Å²) in [4.78, 5) is 11.9. The first-order valence-corrected chi connectivity index (χ1v) is 7.59. The molecule has 2 aromatic rings. The zero-order chi connectivity index (χ0) is 15.8. The van der Waals surface area contributed by atoms with Crippen molar-refractivity contribution in [1.82, 2.24) is 5.32 Å². The number of rotatable bonds is 7. The molecule has 2 aromatic carbocycles. The van der Waals surface area contributed by atoms with Crippen molar-refractivity contribution in [2.24, 2.45) is 0 Å². The van der Waals surface area contributed by atoms with Gasteiger partial charge in [-0.25, -0.2) is 0 Å². The summed E-state index contributed by atoms with van der Waals surface area (Å²) < 4.78 is 5.55. The number of ether oxygens (including phenoxy) is 1. The smallest absolute Gasteiger partial charge is 0.224 e. The Morgan fingerprint density at radius 2 is 1.86 bits per heavy atom. The number of hydrogen-bond donors (Lipinski definition) is 1. The van der Waals surface area contributed by atoms with E-state index in [4.69, 9.17) is 4.74 Å². The van der Waals surface area contributed by atoms with Gasteiger partial charge in [0.2, 0.25) is 5.91 Å². The van der Waals surface area contributed by atoms with Gasteiger partial charge in [0.15, 0.2) is 0 Å². The van der Waals surface area contributed by atoms with Gasteiger partial charge < -0.3 is 10.1 Å². The number of carbonyl (C=O) groups excluding carboxylic acids is 1. The van der Waals surface area contributed by atoms with Gasteiger partial charge in [-0.3, -0.25) is 4.79 Å². The highest BCUT2D eigenvalue weighted by Gasteiger charge is 2.05. The summed E-state index contributed by atoms with van der Waals surface area (Å²) in [5, 5.41) is 2.90. The maximum atomic E-state index is 11.9. The quantitative estimate of drug-likeness (QED) is 0.797. The molecule has 0 aliphatic rings. The van der Waals surface area contributed by atoms with Gasteiger partial charge in [-0.1, -0.05) is 54.1 Å². The molecule has 0 saturated carbocycles. The lowest BCUT2D eigenvalue weighted by atomic mass is 10.0. The lowest BCUT2D eigenvalue weighted by molar-refractivity contribution is -0.120. The third-order valence-corrected chi connectivity index (χ3v) is 3.53. The van der Waals surface area contributed by atoms with Gasteiger partial charge in [-0.05, 0) is 30.5 Å². The van der Waals surface area contributed by atoms with Crippen molar-refractivity contribution in [3.8, 4) is 0 Å². The second kappa shape index (κ2) is 8.35. The van der Waals surface area contributed by atoms with Gasteiger partial charge in [0.1, 0.15) is 0 Å². The van der Waals surface area contributed by atoms with Crippen LogP contribution in [0, 0.1) is 13.8 Å². The molecule has 0 radical (unpaired) electrons. The summed E-state index contributed by atoms with van der Waals surface area (Å²) in [5.41, 5.74) is 4.60. The summed E-state index contributed by atoms with van der Waals surface area (Å²) >= 11 is 0. The summed E-state index contributed by atoms with van der Waals surface area (Å²) in [7, 11) is 0. The molecule has 0 unspecified atom stereocenters. The first-order valence-electron chi connectivity index (χ1n) is 7.59. The molecule has 0 aliphatic carbocycles. The van der Waals surface area contributed by atoms with E-state index in [0.717, 1.165) is 16.7 Å². The SMILES string of the molecule is Cc1ccc(CC(=O)NCCOCc2ccccc2)c(C)c1. The number of aryl methyl sites for hydroxylation is 2. The Morgan fingerprint density at radius 3 is 2.59 bits per heavy atom. The molecule has 1 amide bonds. The topological polar surface area (TPSA) is 38.3 Å². The highest BCUT2D eigenvalue weighted by molar-refractivity contribution is 5.78. The number of hydrogen-bond acceptors (Lipinski definition) is 2. The van der Waals surface area contributed by atoms with Crippen molar-refractivity contribution in [3.05, 3.63) is 70.8 Å². The van der Waals surface area contributed by atoms with Crippen molar-refractivity contribution in [2.75, 3.05) is 13.2 Å². The molecule has 0 spiro atoms. The van der Waals surface area contributed by atoms with Crippen LogP contribution in [0.25, 0.3) is 0 Å². The van der Waals surface area contributed by atoms with Crippen LogP contribution in [0.1, 0.15) is 22.3 Å².